The van der Waals surface area contributed by atoms with Crippen LogP contribution in [0.3, 0.4) is 0 Å². The molecule has 0 aliphatic rings. The zero-order valence-corrected chi connectivity index (χ0v) is 14.4. The minimum atomic E-state index is -0.947. The summed E-state index contributed by atoms with van der Waals surface area (Å²) in [4.78, 5) is 24.1. The number of carbonyl (C=O) groups excluding carboxylic acids is 2. The van der Waals surface area contributed by atoms with Crippen LogP contribution in [-0.2, 0) is 11.8 Å². The van der Waals surface area contributed by atoms with E-state index in [2.05, 4.69) is 9.84 Å². The predicted molar refractivity (Wildman–Crippen MR) is 85.6 cm³/mol. The Kier molecular flexibility index (Phi) is 4.97. The largest absolute Gasteiger partial charge is 0.514 e. The zero-order valence-electron chi connectivity index (χ0n) is 12.9. The lowest BCUT2D eigenvalue weighted by Gasteiger charge is -2.11. The average molecular weight is 357 g/mol. The number of carbonyl (C=O) groups is 2. The summed E-state index contributed by atoms with van der Waals surface area (Å²) in [5.74, 6) is -0.451. The minimum Gasteiger partial charge on any atom is -0.437 e. The smallest absolute Gasteiger partial charge is 0.437 e. The lowest BCUT2D eigenvalue weighted by Crippen LogP contribution is -2.13. The summed E-state index contributed by atoms with van der Waals surface area (Å²) in [6, 6.07) is 1.59. The Balaban J connectivity index is 2.53. The number of hydrogen-bond acceptors (Lipinski definition) is 5. The molecule has 0 unspecified atom stereocenters. The zero-order chi connectivity index (χ0) is 17.3. The third-order valence-corrected chi connectivity index (χ3v) is 4.39. The summed E-state index contributed by atoms with van der Waals surface area (Å²) in [6.07, 6.45) is 0.355. The van der Waals surface area contributed by atoms with Crippen molar-refractivity contribution in [2.24, 2.45) is 7.05 Å². The van der Waals surface area contributed by atoms with Crippen molar-refractivity contribution in [3.05, 3.63) is 44.6 Å². The van der Waals surface area contributed by atoms with E-state index in [-0.39, 0.29) is 22.0 Å². The van der Waals surface area contributed by atoms with Crippen LogP contribution in [0.5, 0.6) is 5.88 Å². The molecule has 0 aliphatic heterocycles. The van der Waals surface area contributed by atoms with Crippen LogP contribution in [0.25, 0.3) is 0 Å². The van der Waals surface area contributed by atoms with Gasteiger partial charge >= 0.3 is 6.16 Å². The molecule has 8 heteroatoms. The molecule has 122 valence electrons. The fourth-order valence-corrected chi connectivity index (χ4v) is 2.50. The highest BCUT2D eigenvalue weighted by molar-refractivity contribution is 6.39. The Hall–Kier alpha value is -2.05. The van der Waals surface area contributed by atoms with Crippen molar-refractivity contribution in [3.63, 3.8) is 0 Å². The first-order valence-electron chi connectivity index (χ1n) is 6.55. The van der Waals surface area contributed by atoms with Gasteiger partial charge in [-0.1, -0.05) is 23.2 Å². The molecule has 0 saturated heterocycles. The van der Waals surface area contributed by atoms with Crippen molar-refractivity contribution in [3.8, 4) is 5.88 Å². The van der Waals surface area contributed by atoms with Crippen LogP contribution in [-0.4, -0.2) is 28.8 Å². The fourth-order valence-electron chi connectivity index (χ4n) is 2.07. The number of benzene rings is 1. The molecule has 0 N–H and O–H groups in total. The van der Waals surface area contributed by atoms with Crippen LogP contribution in [0.4, 0.5) is 4.79 Å². The number of aryl methyl sites for hydroxylation is 2. The van der Waals surface area contributed by atoms with E-state index in [0.717, 1.165) is 5.56 Å². The van der Waals surface area contributed by atoms with E-state index in [4.69, 9.17) is 27.9 Å². The van der Waals surface area contributed by atoms with Gasteiger partial charge in [-0.25, -0.2) is 9.48 Å². The van der Waals surface area contributed by atoms with Gasteiger partial charge in [0.25, 0.3) is 0 Å². The molecule has 0 bridgehead atoms. The van der Waals surface area contributed by atoms with E-state index in [1.54, 1.807) is 19.9 Å². The van der Waals surface area contributed by atoms with E-state index in [9.17, 15) is 9.59 Å². The maximum absolute atomic E-state index is 12.8. The van der Waals surface area contributed by atoms with Gasteiger partial charge in [-0.2, -0.15) is 5.10 Å². The number of hydrogen-bond donors (Lipinski definition) is 0. The van der Waals surface area contributed by atoms with Crippen molar-refractivity contribution in [1.82, 2.24) is 9.78 Å². The highest BCUT2D eigenvalue weighted by atomic mass is 35.5. The predicted octanol–water partition coefficient (Wildman–Crippen LogP) is 3.72. The SMILES string of the molecule is COC(=O)Oc1c(C(=O)c2cc(C)c(Cl)c(C)c2Cl)cnn1C. The van der Waals surface area contributed by atoms with Gasteiger partial charge in [0.05, 0.1) is 18.3 Å². The third kappa shape index (κ3) is 3.18. The second-order valence-corrected chi connectivity index (χ2v) is 5.62. The Morgan fingerprint density at radius 3 is 2.43 bits per heavy atom. The summed E-state index contributed by atoms with van der Waals surface area (Å²) >= 11 is 12.4. The molecule has 1 aromatic carbocycles. The van der Waals surface area contributed by atoms with Gasteiger partial charge < -0.3 is 9.47 Å². The summed E-state index contributed by atoms with van der Waals surface area (Å²) in [7, 11) is 2.71. The highest BCUT2D eigenvalue weighted by Gasteiger charge is 2.25. The molecule has 2 rings (SSSR count). The maximum Gasteiger partial charge on any atom is 0.514 e. The Labute approximate surface area is 142 Å². The second-order valence-electron chi connectivity index (χ2n) is 4.87. The number of rotatable bonds is 3. The van der Waals surface area contributed by atoms with Gasteiger partial charge in [0.1, 0.15) is 5.56 Å². The van der Waals surface area contributed by atoms with Gasteiger partial charge in [-0.15, -0.1) is 0 Å². The van der Waals surface area contributed by atoms with E-state index in [1.807, 2.05) is 0 Å². The first-order chi connectivity index (χ1) is 10.8. The first-order valence-corrected chi connectivity index (χ1v) is 7.31. The fraction of sp³-hybridized carbons (Fsp3) is 0.267. The van der Waals surface area contributed by atoms with Crippen molar-refractivity contribution in [1.29, 1.82) is 0 Å². The Morgan fingerprint density at radius 1 is 1.17 bits per heavy atom. The number of ether oxygens (including phenoxy) is 2. The van der Waals surface area contributed by atoms with Crippen LogP contribution in [0.15, 0.2) is 12.3 Å². The molecule has 0 amide bonds. The number of halogens is 2. The summed E-state index contributed by atoms with van der Waals surface area (Å²) in [6.45, 7) is 3.50. The van der Waals surface area contributed by atoms with Crippen LogP contribution >= 0.6 is 23.2 Å². The summed E-state index contributed by atoms with van der Waals surface area (Å²) < 4.78 is 10.7. The Bertz CT molecular complexity index is 799. The maximum atomic E-state index is 12.8. The van der Waals surface area contributed by atoms with Gasteiger partial charge in [-0.3, -0.25) is 4.79 Å². The van der Waals surface area contributed by atoms with Crippen molar-refractivity contribution < 1.29 is 19.1 Å². The summed E-state index contributed by atoms with van der Waals surface area (Å²) in [5.41, 5.74) is 1.68. The van der Waals surface area contributed by atoms with Crippen LogP contribution in [0.2, 0.25) is 10.0 Å². The van der Waals surface area contributed by atoms with E-state index in [1.165, 1.54) is 25.0 Å². The van der Waals surface area contributed by atoms with Gasteiger partial charge in [0.15, 0.2) is 0 Å². The Morgan fingerprint density at radius 2 is 1.83 bits per heavy atom. The van der Waals surface area contributed by atoms with Crippen LogP contribution in [0, 0.1) is 13.8 Å². The van der Waals surface area contributed by atoms with Gasteiger partial charge in [0, 0.05) is 17.6 Å². The molecule has 0 saturated carbocycles. The molecule has 0 fully saturated rings. The monoisotopic (exact) mass is 356 g/mol. The molecule has 6 nitrogen and oxygen atoms in total. The standard InChI is InChI=1S/C15H14Cl2N2O4/c1-7-5-9(12(17)8(2)11(7)16)13(20)10-6-18-19(3)14(10)23-15(21)22-4/h5-6H,1-4H3. The second kappa shape index (κ2) is 6.60. The van der Waals surface area contributed by atoms with Crippen LogP contribution in [0.1, 0.15) is 27.0 Å². The normalized spacial score (nSPS) is 10.5. The highest BCUT2D eigenvalue weighted by Crippen LogP contribution is 2.33. The quantitative estimate of drug-likeness (QED) is 0.619. The van der Waals surface area contributed by atoms with E-state index in [0.29, 0.717) is 10.6 Å². The number of nitrogens with zero attached hydrogens (tertiary/aromatic N) is 2. The van der Waals surface area contributed by atoms with E-state index < -0.39 is 11.9 Å². The van der Waals surface area contributed by atoms with Crippen molar-refractivity contribution in [2.75, 3.05) is 7.11 Å². The lowest BCUT2D eigenvalue weighted by molar-refractivity contribution is 0.102. The molecule has 1 aromatic heterocycles. The number of aromatic nitrogens is 2. The molecule has 1 heterocycles. The van der Waals surface area contributed by atoms with Crippen LogP contribution < -0.4 is 4.74 Å². The minimum absolute atomic E-state index is 0.0248. The number of methoxy groups -OCH3 is 1. The third-order valence-electron chi connectivity index (χ3n) is 3.32. The first kappa shape index (κ1) is 17.3. The molecular formula is C15H14Cl2N2O4. The molecule has 23 heavy (non-hydrogen) atoms. The lowest BCUT2D eigenvalue weighted by atomic mass is 10.0. The van der Waals surface area contributed by atoms with Crippen molar-refractivity contribution >= 4 is 35.1 Å². The molecule has 0 spiro atoms. The molecule has 0 aliphatic carbocycles. The molecule has 0 radical (unpaired) electrons. The van der Waals surface area contributed by atoms with Gasteiger partial charge in [-0.05, 0) is 31.0 Å². The molecular weight excluding hydrogens is 343 g/mol. The topological polar surface area (TPSA) is 70.4 Å². The molecule has 2 aromatic rings. The van der Waals surface area contributed by atoms with Gasteiger partial charge in [0.2, 0.25) is 11.7 Å². The molecule has 0 atom stereocenters. The average Bonchev–Trinajstić information content (AvgIpc) is 2.89. The van der Waals surface area contributed by atoms with E-state index >= 15 is 0 Å². The van der Waals surface area contributed by atoms with Crippen molar-refractivity contribution in [2.45, 2.75) is 13.8 Å². The number of ketones is 1. The summed E-state index contributed by atoms with van der Waals surface area (Å²) in [5, 5.41) is 4.69.